The molecule has 4 heteroatoms. The highest BCUT2D eigenvalue weighted by atomic mass is 16.5. The first-order valence-electron chi connectivity index (χ1n) is 8.00. The van der Waals surface area contributed by atoms with E-state index in [4.69, 9.17) is 4.74 Å². The van der Waals surface area contributed by atoms with Crippen molar-refractivity contribution in [2.24, 2.45) is 0 Å². The highest BCUT2D eigenvalue weighted by Crippen LogP contribution is 2.16. The average Bonchev–Trinajstić information content (AvgIpc) is 3.05. The fourth-order valence-corrected chi connectivity index (χ4v) is 2.60. The number of Topliss-reactive ketones (excluding diaryl/α,β-unsaturated/α-hetero) is 1. The minimum absolute atomic E-state index is 0.206. The van der Waals surface area contributed by atoms with Crippen molar-refractivity contribution >= 4 is 22.7 Å². The lowest BCUT2D eigenvalue weighted by molar-refractivity contribution is 0.0314. The Balaban J connectivity index is 1.71. The molecule has 0 saturated carbocycles. The van der Waals surface area contributed by atoms with E-state index >= 15 is 0 Å². The largest absolute Gasteiger partial charge is 0.450 e. The smallest absolute Gasteiger partial charge is 0.355 e. The van der Waals surface area contributed by atoms with Crippen LogP contribution in [-0.4, -0.2) is 22.8 Å². The Bertz CT molecular complexity index is 844. The molecule has 1 aromatic heterocycles. The maximum atomic E-state index is 12.4. The highest BCUT2D eigenvalue weighted by Gasteiger charge is 2.21. The molecule has 1 N–H and O–H groups in total. The first kappa shape index (κ1) is 16.0. The lowest BCUT2D eigenvalue weighted by atomic mass is 10.0. The van der Waals surface area contributed by atoms with E-state index in [-0.39, 0.29) is 5.78 Å². The molecule has 1 heterocycles. The monoisotopic (exact) mass is 321 g/mol. The second-order valence-electron chi connectivity index (χ2n) is 5.73. The number of carbonyl (C=O) groups excluding carboxylic acids is 2. The van der Waals surface area contributed by atoms with E-state index in [1.54, 1.807) is 25.1 Å². The molecular formula is C20H19NO3. The molecule has 0 bridgehead atoms. The van der Waals surface area contributed by atoms with Gasteiger partial charge >= 0.3 is 5.97 Å². The average molecular weight is 321 g/mol. The summed E-state index contributed by atoms with van der Waals surface area (Å²) in [6, 6.07) is 16.7. The molecule has 0 radical (unpaired) electrons. The van der Waals surface area contributed by atoms with Gasteiger partial charge in [0.2, 0.25) is 5.78 Å². The Labute approximate surface area is 140 Å². The molecule has 2 aromatic carbocycles. The molecule has 0 aliphatic heterocycles. The Morgan fingerprint density at radius 3 is 2.46 bits per heavy atom. The number of ketones is 1. The molecular weight excluding hydrogens is 302 g/mol. The number of fused-ring (bicyclic) bond motifs is 1. The molecule has 0 saturated heterocycles. The van der Waals surface area contributed by atoms with Crippen LogP contribution in [0.15, 0.2) is 54.6 Å². The minimum Gasteiger partial charge on any atom is -0.450 e. The number of para-hydroxylation sites is 1. The van der Waals surface area contributed by atoms with Crippen molar-refractivity contribution in [3.8, 4) is 0 Å². The summed E-state index contributed by atoms with van der Waals surface area (Å²) in [6.07, 6.45) is 0.0794. The van der Waals surface area contributed by atoms with Gasteiger partial charge in [-0.2, -0.15) is 0 Å². The van der Waals surface area contributed by atoms with Crippen LogP contribution < -0.4 is 0 Å². The Hall–Kier alpha value is -2.88. The van der Waals surface area contributed by atoms with Gasteiger partial charge in [0.15, 0.2) is 6.10 Å². The van der Waals surface area contributed by atoms with E-state index in [1.807, 2.05) is 36.4 Å². The molecule has 0 amide bonds. The van der Waals surface area contributed by atoms with Crippen LogP contribution in [-0.2, 0) is 11.2 Å². The lowest BCUT2D eigenvalue weighted by Gasteiger charge is -2.12. The molecule has 122 valence electrons. The predicted octanol–water partition coefficient (Wildman–Crippen LogP) is 4.16. The van der Waals surface area contributed by atoms with Gasteiger partial charge in [-0.3, -0.25) is 4.79 Å². The van der Waals surface area contributed by atoms with Gasteiger partial charge in [-0.15, -0.1) is 0 Å². The van der Waals surface area contributed by atoms with Crippen molar-refractivity contribution in [3.63, 3.8) is 0 Å². The number of rotatable bonds is 5. The molecule has 0 fully saturated rings. The number of esters is 1. The SMILES string of the molecule is CCc1ccc(C(=O)[C@H](C)OC(=O)c2cc3ccccc3[nH]2)cc1. The van der Waals surface area contributed by atoms with Crippen molar-refractivity contribution < 1.29 is 14.3 Å². The Kier molecular flexibility index (Phi) is 4.47. The lowest BCUT2D eigenvalue weighted by Crippen LogP contribution is -2.24. The van der Waals surface area contributed by atoms with Gasteiger partial charge in [-0.05, 0) is 31.0 Å². The van der Waals surface area contributed by atoms with Crippen LogP contribution in [0.25, 0.3) is 10.9 Å². The van der Waals surface area contributed by atoms with Gasteiger partial charge in [0.25, 0.3) is 0 Å². The second-order valence-corrected chi connectivity index (χ2v) is 5.73. The van der Waals surface area contributed by atoms with Gasteiger partial charge in [-0.1, -0.05) is 49.4 Å². The van der Waals surface area contributed by atoms with E-state index in [2.05, 4.69) is 11.9 Å². The maximum Gasteiger partial charge on any atom is 0.355 e. The third kappa shape index (κ3) is 3.23. The summed E-state index contributed by atoms with van der Waals surface area (Å²) >= 11 is 0. The number of hydrogen-bond acceptors (Lipinski definition) is 3. The molecule has 0 unspecified atom stereocenters. The van der Waals surface area contributed by atoms with Crippen molar-refractivity contribution in [2.45, 2.75) is 26.4 Å². The molecule has 3 aromatic rings. The van der Waals surface area contributed by atoms with Gasteiger partial charge in [0, 0.05) is 16.5 Å². The molecule has 24 heavy (non-hydrogen) atoms. The molecule has 1 atom stereocenters. The normalized spacial score (nSPS) is 12.1. The van der Waals surface area contributed by atoms with E-state index < -0.39 is 12.1 Å². The quantitative estimate of drug-likeness (QED) is 0.567. The third-order valence-electron chi connectivity index (χ3n) is 4.05. The zero-order valence-electron chi connectivity index (χ0n) is 13.7. The molecule has 3 rings (SSSR count). The molecule has 0 spiro atoms. The van der Waals surface area contributed by atoms with Crippen molar-refractivity contribution in [3.05, 3.63) is 71.4 Å². The number of H-pyrrole nitrogens is 1. The Morgan fingerprint density at radius 2 is 1.79 bits per heavy atom. The van der Waals surface area contributed by atoms with Gasteiger partial charge in [0.1, 0.15) is 5.69 Å². The number of nitrogens with one attached hydrogen (secondary N) is 1. The standard InChI is InChI=1S/C20H19NO3/c1-3-14-8-10-15(11-9-14)19(22)13(2)24-20(23)18-12-16-6-4-5-7-17(16)21-18/h4-13,21H,3H2,1-2H3/t13-/m0/s1. The number of benzene rings is 2. The summed E-state index contributed by atoms with van der Waals surface area (Å²) in [5.41, 5.74) is 2.91. The zero-order chi connectivity index (χ0) is 17.1. The number of hydrogen-bond donors (Lipinski definition) is 1. The molecule has 0 aliphatic carbocycles. The summed E-state index contributed by atoms with van der Waals surface area (Å²) in [6.45, 7) is 3.65. The predicted molar refractivity (Wildman–Crippen MR) is 93.3 cm³/mol. The summed E-state index contributed by atoms with van der Waals surface area (Å²) in [5, 5.41) is 0.929. The first-order valence-corrected chi connectivity index (χ1v) is 8.00. The van der Waals surface area contributed by atoms with Gasteiger partial charge in [-0.25, -0.2) is 4.79 Å². The number of aromatic amines is 1. The minimum atomic E-state index is -0.837. The number of aromatic nitrogens is 1. The fourth-order valence-electron chi connectivity index (χ4n) is 2.60. The summed E-state index contributed by atoms with van der Waals surface area (Å²) in [4.78, 5) is 27.7. The summed E-state index contributed by atoms with van der Waals surface area (Å²) in [7, 11) is 0. The van der Waals surface area contributed by atoms with Crippen LogP contribution in [0.5, 0.6) is 0 Å². The third-order valence-corrected chi connectivity index (χ3v) is 4.05. The van der Waals surface area contributed by atoms with Crippen LogP contribution in [0.3, 0.4) is 0 Å². The molecule has 0 aliphatic rings. The topological polar surface area (TPSA) is 59.2 Å². The van der Waals surface area contributed by atoms with Gasteiger partial charge < -0.3 is 9.72 Å². The van der Waals surface area contributed by atoms with E-state index in [1.165, 1.54) is 0 Å². The highest BCUT2D eigenvalue weighted by molar-refractivity contribution is 6.02. The number of aryl methyl sites for hydroxylation is 1. The first-order chi connectivity index (χ1) is 11.6. The fraction of sp³-hybridized carbons (Fsp3) is 0.200. The van der Waals surface area contributed by atoms with E-state index in [9.17, 15) is 9.59 Å². The maximum absolute atomic E-state index is 12.4. The number of ether oxygens (including phenoxy) is 1. The van der Waals surface area contributed by atoms with Gasteiger partial charge in [0.05, 0.1) is 0 Å². The van der Waals surface area contributed by atoms with E-state index in [0.29, 0.717) is 11.3 Å². The number of carbonyl (C=O) groups is 2. The van der Waals surface area contributed by atoms with Crippen molar-refractivity contribution in [1.29, 1.82) is 0 Å². The second kappa shape index (κ2) is 6.71. The summed E-state index contributed by atoms with van der Waals surface area (Å²) < 4.78 is 5.32. The Morgan fingerprint density at radius 1 is 1.08 bits per heavy atom. The van der Waals surface area contributed by atoms with Crippen LogP contribution in [0.1, 0.15) is 40.3 Å². The van der Waals surface area contributed by atoms with Crippen LogP contribution in [0.2, 0.25) is 0 Å². The van der Waals surface area contributed by atoms with Crippen LogP contribution >= 0.6 is 0 Å². The van der Waals surface area contributed by atoms with Crippen molar-refractivity contribution in [2.75, 3.05) is 0 Å². The van der Waals surface area contributed by atoms with Crippen LogP contribution in [0.4, 0.5) is 0 Å². The van der Waals surface area contributed by atoms with E-state index in [0.717, 1.165) is 22.9 Å². The molecule has 4 nitrogen and oxygen atoms in total. The summed E-state index contributed by atoms with van der Waals surface area (Å²) in [5.74, 6) is -0.737. The van der Waals surface area contributed by atoms with Crippen molar-refractivity contribution in [1.82, 2.24) is 4.98 Å². The van der Waals surface area contributed by atoms with Crippen LogP contribution in [0, 0.1) is 0 Å². The zero-order valence-corrected chi connectivity index (χ0v) is 13.7.